The Kier molecular flexibility index (Phi) is 6.15. The highest BCUT2D eigenvalue weighted by Gasteiger charge is 2.23. The number of amides is 1. The van der Waals surface area contributed by atoms with Gasteiger partial charge in [-0.05, 0) is 5.56 Å². The average Bonchev–Trinajstić information content (AvgIpc) is 2.54. The first kappa shape index (κ1) is 17.9. The number of carbonyl (C=O) groups excluding carboxylic acids is 1. The minimum atomic E-state index is -3.31. The third-order valence-corrected chi connectivity index (χ3v) is 5.94. The Morgan fingerprint density at radius 3 is 2.26 bits per heavy atom. The van der Waals surface area contributed by atoms with Gasteiger partial charge in [-0.15, -0.1) is 0 Å². The van der Waals surface area contributed by atoms with E-state index in [0.717, 1.165) is 23.9 Å². The summed E-state index contributed by atoms with van der Waals surface area (Å²) >= 11 is 0. The molecule has 7 heteroatoms. The summed E-state index contributed by atoms with van der Waals surface area (Å²) in [5, 5.41) is 0. The highest BCUT2D eigenvalue weighted by atomic mass is 32.2. The molecule has 1 aromatic rings. The van der Waals surface area contributed by atoms with Crippen molar-refractivity contribution in [2.45, 2.75) is 13.0 Å². The van der Waals surface area contributed by atoms with E-state index in [2.05, 4.69) is 17.0 Å². The number of carbonyl (C=O) groups is 1. The highest BCUT2D eigenvalue weighted by molar-refractivity contribution is 7.89. The summed E-state index contributed by atoms with van der Waals surface area (Å²) in [6, 6.07) is 10.3. The molecule has 1 fully saturated rings. The molecule has 23 heavy (non-hydrogen) atoms. The third-order valence-electron chi connectivity index (χ3n) is 4.10. The normalized spacial score (nSPS) is 16.7. The fourth-order valence-corrected chi connectivity index (χ4v) is 3.35. The first-order valence-corrected chi connectivity index (χ1v) is 9.43. The monoisotopic (exact) mass is 339 g/mol. The molecular formula is C16H25N3O3S. The van der Waals surface area contributed by atoms with Crippen molar-refractivity contribution in [1.29, 1.82) is 0 Å². The van der Waals surface area contributed by atoms with E-state index in [0.29, 0.717) is 13.1 Å². The van der Waals surface area contributed by atoms with E-state index in [1.807, 2.05) is 18.2 Å². The zero-order valence-corrected chi connectivity index (χ0v) is 14.6. The molecule has 0 spiro atoms. The molecule has 1 aromatic carbocycles. The summed E-state index contributed by atoms with van der Waals surface area (Å²) in [5.41, 5.74) is 1.27. The van der Waals surface area contributed by atoms with E-state index < -0.39 is 10.0 Å². The third kappa shape index (κ3) is 5.30. The van der Waals surface area contributed by atoms with Gasteiger partial charge in [0.15, 0.2) is 0 Å². The van der Waals surface area contributed by atoms with Crippen LogP contribution in [0.2, 0.25) is 0 Å². The lowest BCUT2D eigenvalue weighted by Crippen LogP contribution is -2.48. The Morgan fingerprint density at radius 2 is 1.70 bits per heavy atom. The van der Waals surface area contributed by atoms with Crippen LogP contribution in [0.4, 0.5) is 0 Å². The number of hydrogen-bond donors (Lipinski definition) is 0. The molecule has 0 radical (unpaired) electrons. The molecule has 0 atom stereocenters. The lowest BCUT2D eigenvalue weighted by molar-refractivity contribution is -0.132. The summed E-state index contributed by atoms with van der Waals surface area (Å²) in [7, 11) is -0.331. The smallest absolute Gasteiger partial charge is 0.223 e. The molecule has 0 saturated carbocycles. The summed E-state index contributed by atoms with van der Waals surface area (Å²) in [6.45, 7) is 3.85. The SMILES string of the molecule is CN(C)S(=O)(=O)CCC(=O)N1CCN(Cc2ccccc2)CC1. The van der Waals surface area contributed by atoms with Gasteiger partial charge in [0.2, 0.25) is 15.9 Å². The van der Waals surface area contributed by atoms with E-state index in [9.17, 15) is 13.2 Å². The average molecular weight is 339 g/mol. The highest BCUT2D eigenvalue weighted by Crippen LogP contribution is 2.10. The first-order chi connectivity index (χ1) is 10.9. The minimum Gasteiger partial charge on any atom is -0.340 e. The van der Waals surface area contributed by atoms with Crippen molar-refractivity contribution in [1.82, 2.24) is 14.1 Å². The maximum atomic E-state index is 12.2. The molecule has 1 heterocycles. The molecule has 2 rings (SSSR count). The summed E-state index contributed by atoms with van der Waals surface area (Å²) in [4.78, 5) is 16.2. The van der Waals surface area contributed by atoms with Crippen LogP contribution in [0.1, 0.15) is 12.0 Å². The van der Waals surface area contributed by atoms with Gasteiger partial charge < -0.3 is 4.90 Å². The zero-order valence-electron chi connectivity index (χ0n) is 13.8. The second-order valence-corrected chi connectivity index (χ2v) is 8.29. The molecule has 0 N–H and O–H groups in total. The van der Waals surface area contributed by atoms with Crippen LogP contribution in [0.5, 0.6) is 0 Å². The summed E-state index contributed by atoms with van der Waals surface area (Å²) < 4.78 is 24.6. The van der Waals surface area contributed by atoms with E-state index >= 15 is 0 Å². The Labute approximate surface area is 138 Å². The molecular weight excluding hydrogens is 314 g/mol. The predicted molar refractivity (Wildman–Crippen MR) is 90.4 cm³/mol. The van der Waals surface area contributed by atoms with Gasteiger partial charge in [-0.25, -0.2) is 12.7 Å². The summed E-state index contributed by atoms with van der Waals surface area (Å²) in [6.07, 6.45) is 0.0548. The molecule has 6 nitrogen and oxygen atoms in total. The van der Waals surface area contributed by atoms with Crippen LogP contribution < -0.4 is 0 Å². The van der Waals surface area contributed by atoms with Gasteiger partial charge in [0, 0.05) is 53.2 Å². The fraction of sp³-hybridized carbons (Fsp3) is 0.562. The van der Waals surface area contributed by atoms with Crippen LogP contribution >= 0.6 is 0 Å². The van der Waals surface area contributed by atoms with Crippen LogP contribution in [0, 0.1) is 0 Å². The van der Waals surface area contributed by atoms with Crippen molar-refractivity contribution >= 4 is 15.9 Å². The maximum absolute atomic E-state index is 12.2. The largest absolute Gasteiger partial charge is 0.340 e. The molecule has 1 amide bonds. The molecule has 0 bridgehead atoms. The van der Waals surface area contributed by atoms with E-state index in [1.54, 1.807) is 4.90 Å². The van der Waals surface area contributed by atoms with Gasteiger partial charge in [-0.2, -0.15) is 0 Å². The van der Waals surface area contributed by atoms with E-state index in [-0.39, 0.29) is 18.1 Å². The van der Waals surface area contributed by atoms with Crippen molar-refractivity contribution in [2.75, 3.05) is 46.0 Å². The van der Waals surface area contributed by atoms with Crippen LogP contribution in [0.3, 0.4) is 0 Å². The lowest BCUT2D eigenvalue weighted by Gasteiger charge is -2.34. The van der Waals surface area contributed by atoms with Crippen LogP contribution in [0.15, 0.2) is 30.3 Å². The van der Waals surface area contributed by atoms with Crippen molar-refractivity contribution < 1.29 is 13.2 Å². The molecule has 1 aliphatic rings. The van der Waals surface area contributed by atoms with Crippen LogP contribution in [-0.4, -0.2) is 74.5 Å². The molecule has 1 aliphatic heterocycles. The molecule has 128 valence electrons. The standard InChI is InChI=1S/C16H25N3O3S/c1-17(2)23(21,22)13-8-16(20)19-11-9-18(10-12-19)14-15-6-4-3-5-7-15/h3-7H,8-14H2,1-2H3. The van der Waals surface area contributed by atoms with Gasteiger partial charge in [-0.1, -0.05) is 30.3 Å². The van der Waals surface area contributed by atoms with Crippen LogP contribution in [0.25, 0.3) is 0 Å². The van der Waals surface area contributed by atoms with Crippen molar-refractivity contribution in [3.05, 3.63) is 35.9 Å². The topological polar surface area (TPSA) is 60.9 Å². The molecule has 0 unspecified atom stereocenters. The Morgan fingerprint density at radius 1 is 1.09 bits per heavy atom. The van der Waals surface area contributed by atoms with E-state index in [1.165, 1.54) is 19.7 Å². The van der Waals surface area contributed by atoms with Crippen molar-refractivity contribution in [2.24, 2.45) is 0 Å². The van der Waals surface area contributed by atoms with Crippen molar-refractivity contribution in [3.8, 4) is 0 Å². The summed E-state index contributed by atoms with van der Waals surface area (Å²) in [5.74, 6) is -0.196. The second kappa shape index (κ2) is 7.90. The Hall–Kier alpha value is -1.44. The minimum absolute atomic E-state index is 0.0548. The van der Waals surface area contributed by atoms with Gasteiger partial charge >= 0.3 is 0 Å². The van der Waals surface area contributed by atoms with Crippen LogP contribution in [-0.2, 0) is 21.4 Å². The number of benzene rings is 1. The molecule has 1 saturated heterocycles. The predicted octanol–water partition coefficient (Wildman–Crippen LogP) is 0.612. The second-order valence-electron chi connectivity index (χ2n) is 5.99. The van der Waals surface area contributed by atoms with Gasteiger partial charge in [0.25, 0.3) is 0 Å². The zero-order chi connectivity index (χ0) is 16.9. The number of piperazine rings is 1. The maximum Gasteiger partial charge on any atom is 0.223 e. The number of sulfonamides is 1. The molecule has 0 aliphatic carbocycles. The number of nitrogens with zero attached hydrogens (tertiary/aromatic N) is 3. The Balaban J connectivity index is 1.77. The first-order valence-electron chi connectivity index (χ1n) is 7.83. The van der Waals surface area contributed by atoms with Gasteiger partial charge in [-0.3, -0.25) is 9.69 Å². The Bertz CT molecular complexity index is 609. The molecule has 0 aromatic heterocycles. The number of hydrogen-bond acceptors (Lipinski definition) is 4. The fourth-order valence-electron chi connectivity index (χ4n) is 2.55. The van der Waals surface area contributed by atoms with E-state index in [4.69, 9.17) is 0 Å². The number of rotatable bonds is 6. The quantitative estimate of drug-likeness (QED) is 0.762. The van der Waals surface area contributed by atoms with Gasteiger partial charge in [0.1, 0.15) is 0 Å². The van der Waals surface area contributed by atoms with Gasteiger partial charge in [0.05, 0.1) is 5.75 Å². The lowest BCUT2D eigenvalue weighted by atomic mass is 10.2. The van der Waals surface area contributed by atoms with Crippen molar-refractivity contribution in [3.63, 3.8) is 0 Å².